The van der Waals surface area contributed by atoms with Crippen LogP contribution in [0.1, 0.15) is 6.92 Å². The van der Waals surface area contributed by atoms with Crippen LogP contribution in [-0.4, -0.2) is 24.4 Å². The van der Waals surface area contributed by atoms with E-state index in [4.69, 9.17) is 4.74 Å². The zero-order valence-electron chi connectivity index (χ0n) is 9.49. The molecule has 0 aliphatic carbocycles. The van der Waals surface area contributed by atoms with Gasteiger partial charge >= 0.3 is 6.16 Å². The summed E-state index contributed by atoms with van der Waals surface area (Å²) in [6.07, 6.45) is -0.980. The van der Waals surface area contributed by atoms with Gasteiger partial charge in [-0.05, 0) is 13.0 Å². The van der Waals surface area contributed by atoms with E-state index in [0.717, 1.165) is 0 Å². The van der Waals surface area contributed by atoms with Crippen molar-refractivity contribution < 1.29 is 23.5 Å². The maximum atomic E-state index is 13.6. The molecule has 0 radical (unpaired) electrons. The van der Waals surface area contributed by atoms with Crippen molar-refractivity contribution >= 4 is 29.5 Å². The number of anilines is 1. The number of nitrogens with one attached hydrogen (secondary N) is 1. The molecule has 1 aromatic rings. The Bertz CT molecular complexity index is 506. The van der Waals surface area contributed by atoms with Gasteiger partial charge in [0.15, 0.2) is 11.6 Å². The third kappa shape index (κ3) is 2.73. The second-order valence-corrected chi connectivity index (χ2v) is 4.42. The lowest BCUT2D eigenvalue weighted by molar-refractivity contribution is -0.113. The summed E-state index contributed by atoms with van der Waals surface area (Å²) in [5.74, 6) is -0.883. The van der Waals surface area contributed by atoms with E-state index in [-0.39, 0.29) is 24.0 Å². The maximum Gasteiger partial charge on any atom is 0.513 e. The molecule has 1 amide bonds. The first kappa shape index (κ1) is 12.7. The molecule has 5 nitrogen and oxygen atoms in total. The quantitative estimate of drug-likeness (QED) is 0.661. The lowest BCUT2D eigenvalue weighted by atomic mass is 10.2. The fourth-order valence-electron chi connectivity index (χ4n) is 1.40. The summed E-state index contributed by atoms with van der Waals surface area (Å²) in [6.45, 7) is 1.75. The minimum Gasteiger partial charge on any atom is -0.434 e. The number of carbonyl (C=O) groups excluding carboxylic acids is 2. The first-order valence-corrected chi connectivity index (χ1v) is 6.19. The lowest BCUT2D eigenvalue weighted by Crippen LogP contribution is -2.19. The van der Waals surface area contributed by atoms with Crippen molar-refractivity contribution in [2.24, 2.45) is 0 Å². The van der Waals surface area contributed by atoms with Gasteiger partial charge in [-0.3, -0.25) is 4.79 Å². The second-order valence-electron chi connectivity index (χ2n) is 3.40. The van der Waals surface area contributed by atoms with Crippen molar-refractivity contribution in [2.45, 2.75) is 11.8 Å². The normalized spacial score (nSPS) is 13.6. The number of fused-ring (bicyclic) bond motifs is 1. The SMILES string of the molecule is CCOC(=O)Oc1cc2c(cc1F)SCC(=O)N2. The van der Waals surface area contributed by atoms with Gasteiger partial charge in [0.2, 0.25) is 5.91 Å². The van der Waals surface area contributed by atoms with Gasteiger partial charge in [0.1, 0.15) is 0 Å². The molecule has 1 aliphatic rings. The number of carbonyl (C=O) groups is 2. The summed E-state index contributed by atoms with van der Waals surface area (Å²) >= 11 is 1.23. The average Bonchev–Trinajstić information content (AvgIpc) is 2.31. The van der Waals surface area contributed by atoms with Gasteiger partial charge in [-0.1, -0.05) is 0 Å². The highest BCUT2D eigenvalue weighted by atomic mass is 32.2. The molecule has 0 unspecified atom stereocenters. The Balaban J connectivity index is 2.24. The Morgan fingerprint density at radius 3 is 3.06 bits per heavy atom. The van der Waals surface area contributed by atoms with Crippen LogP contribution < -0.4 is 10.1 Å². The van der Waals surface area contributed by atoms with Crippen LogP contribution in [-0.2, 0) is 9.53 Å². The molecule has 0 aromatic heterocycles. The van der Waals surface area contributed by atoms with Crippen LogP contribution in [0, 0.1) is 5.82 Å². The number of halogens is 1. The number of benzene rings is 1. The number of rotatable bonds is 2. The Kier molecular flexibility index (Phi) is 3.71. The summed E-state index contributed by atoms with van der Waals surface area (Å²) in [6, 6.07) is 2.49. The smallest absolute Gasteiger partial charge is 0.434 e. The first-order valence-electron chi connectivity index (χ1n) is 5.21. The predicted molar refractivity (Wildman–Crippen MR) is 63.4 cm³/mol. The molecule has 1 aliphatic heterocycles. The molecule has 96 valence electrons. The molecule has 1 heterocycles. The third-order valence-electron chi connectivity index (χ3n) is 2.12. The van der Waals surface area contributed by atoms with Gasteiger partial charge in [-0.25, -0.2) is 9.18 Å². The lowest BCUT2D eigenvalue weighted by Gasteiger charge is -2.17. The summed E-state index contributed by atoms with van der Waals surface area (Å²) in [5.41, 5.74) is 0.428. The van der Waals surface area contributed by atoms with Crippen molar-refractivity contribution in [3.8, 4) is 5.75 Å². The van der Waals surface area contributed by atoms with Gasteiger partial charge in [0, 0.05) is 11.0 Å². The topological polar surface area (TPSA) is 64.6 Å². The minimum atomic E-state index is -0.980. The Morgan fingerprint density at radius 1 is 1.56 bits per heavy atom. The maximum absolute atomic E-state index is 13.6. The van der Waals surface area contributed by atoms with E-state index in [0.29, 0.717) is 10.6 Å². The monoisotopic (exact) mass is 271 g/mol. The summed E-state index contributed by atoms with van der Waals surface area (Å²) in [5, 5.41) is 2.57. The number of ether oxygens (including phenoxy) is 2. The van der Waals surface area contributed by atoms with E-state index >= 15 is 0 Å². The molecule has 2 rings (SSSR count). The summed E-state index contributed by atoms with van der Waals surface area (Å²) < 4.78 is 22.9. The Morgan fingerprint density at radius 2 is 2.33 bits per heavy atom. The van der Waals surface area contributed by atoms with Crippen molar-refractivity contribution in [1.82, 2.24) is 0 Å². The first-order chi connectivity index (χ1) is 8.60. The Labute approximate surface area is 107 Å². The highest BCUT2D eigenvalue weighted by Crippen LogP contribution is 2.36. The Hall–Kier alpha value is -1.76. The molecule has 1 N–H and O–H groups in total. The molecule has 0 bridgehead atoms. The summed E-state index contributed by atoms with van der Waals surface area (Å²) in [7, 11) is 0. The standard InChI is InChI=1S/C11H10FNO4S/c1-2-16-11(15)17-8-4-7-9(3-6(8)12)18-5-10(14)13-7/h3-4H,2,5H2,1H3,(H,13,14). The van der Waals surface area contributed by atoms with E-state index in [2.05, 4.69) is 10.1 Å². The van der Waals surface area contributed by atoms with Gasteiger partial charge in [-0.2, -0.15) is 0 Å². The zero-order valence-corrected chi connectivity index (χ0v) is 10.3. The molecule has 0 atom stereocenters. The summed E-state index contributed by atoms with van der Waals surface area (Å²) in [4.78, 5) is 22.9. The molecule has 1 aromatic carbocycles. The third-order valence-corrected chi connectivity index (χ3v) is 3.18. The van der Waals surface area contributed by atoms with Crippen molar-refractivity contribution in [3.63, 3.8) is 0 Å². The molecule has 7 heteroatoms. The van der Waals surface area contributed by atoms with E-state index in [1.165, 1.54) is 23.9 Å². The zero-order chi connectivity index (χ0) is 13.1. The van der Waals surface area contributed by atoms with Gasteiger partial charge in [0.05, 0.1) is 18.0 Å². The van der Waals surface area contributed by atoms with Crippen molar-refractivity contribution in [1.29, 1.82) is 0 Å². The van der Waals surface area contributed by atoms with E-state index in [1.807, 2.05) is 0 Å². The molecule has 0 spiro atoms. The average molecular weight is 271 g/mol. The molecule has 0 fully saturated rings. The number of hydrogen-bond acceptors (Lipinski definition) is 5. The van der Waals surface area contributed by atoms with Crippen molar-refractivity contribution in [3.05, 3.63) is 17.9 Å². The van der Waals surface area contributed by atoms with Crippen LogP contribution in [0.15, 0.2) is 17.0 Å². The van der Waals surface area contributed by atoms with Crippen LogP contribution in [0.3, 0.4) is 0 Å². The number of thioether (sulfide) groups is 1. The highest BCUT2D eigenvalue weighted by Gasteiger charge is 2.20. The highest BCUT2D eigenvalue weighted by molar-refractivity contribution is 8.00. The second kappa shape index (κ2) is 5.26. The van der Waals surface area contributed by atoms with Crippen LogP contribution in [0.2, 0.25) is 0 Å². The van der Waals surface area contributed by atoms with Crippen molar-refractivity contribution in [2.75, 3.05) is 17.7 Å². The van der Waals surface area contributed by atoms with E-state index in [1.54, 1.807) is 6.92 Å². The fourth-order valence-corrected chi connectivity index (χ4v) is 2.21. The number of hydrogen-bond donors (Lipinski definition) is 1. The predicted octanol–water partition coefficient (Wildman–Crippen LogP) is 2.41. The molecular formula is C11H10FNO4S. The molecular weight excluding hydrogens is 261 g/mol. The number of amides is 1. The van der Waals surface area contributed by atoms with Crippen LogP contribution in [0.25, 0.3) is 0 Å². The van der Waals surface area contributed by atoms with Gasteiger partial charge in [0.25, 0.3) is 0 Å². The minimum absolute atomic E-state index is 0.137. The van der Waals surface area contributed by atoms with Gasteiger partial charge < -0.3 is 14.8 Å². The molecule has 0 saturated carbocycles. The van der Waals surface area contributed by atoms with E-state index < -0.39 is 12.0 Å². The van der Waals surface area contributed by atoms with E-state index in [9.17, 15) is 14.0 Å². The van der Waals surface area contributed by atoms with Crippen LogP contribution in [0.4, 0.5) is 14.9 Å². The molecule has 0 saturated heterocycles. The fraction of sp³-hybridized carbons (Fsp3) is 0.273. The largest absolute Gasteiger partial charge is 0.513 e. The molecule has 18 heavy (non-hydrogen) atoms. The van der Waals surface area contributed by atoms with Crippen LogP contribution >= 0.6 is 11.8 Å². The van der Waals surface area contributed by atoms with Crippen LogP contribution in [0.5, 0.6) is 5.75 Å². The van der Waals surface area contributed by atoms with Gasteiger partial charge in [-0.15, -0.1) is 11.8 Å².